The third kappa shape index (κ3) is 4.71. The molecule has 0 aliphatic heterocycles. The first-order chi connectivity index (χ1) is 17.3. The van der Waals surface area contributed by atoms with Crippen LogP contribution in [0.3, 0.4) is 0 Å². The van der Waals surface area contributed by atoms with Crippen LogP contribution in [0, 0.1) is 0 Å². The van der Waals surface area contributed by atoms with Crippen LogP contribution in [0.4, 0.5) is 0 Å². The molecule has 1 unspecified atom stereocenters. The number of hydrogen-bond acceptors (Lipinski definition) is 7. The van der Waals surface area contributed by atoms with E-state index in [1.807, 2.05) is 0 Å². The van der Waals surface area contributed by atoms with E-state index in [1.165, 1.54) is 23.7 Å². The molecule has 3 aromatic rings. The third-order valence-corrected chi connectivity index (χ3v) is 6.18. The molecule has 5 N–H and O–H groups in total. The lowest BCUT2D eigenvalue weighted by Crippen LogP contribution is -2.42. The molecule has 36 heavy (non-hydrogen) atoms. The molecule has 4 rings (SSSR count). The van der Waals surface area contributed by atoms with E-state index in [2.05, 4.69) is 10.3 Å². The fraction of sp³-hybridized carbons (Fsp3) is 0.231. The Bertz CT molecular complexity index is 1390. The average Bonchev–Trinajstić information content (AvgIpc) is 2.89. The van der Waals surface area contributed by atoms with Gasteiger partial charge in [-0.2, -0.15) is 0 Å². The molecule has 0 saturated heterocycles. The Labute approximate surface area is 205 Å². The molecule has 1 aliphatic carbocycles. The van der Waals surface area contributed by atoms with Crippen molar-refractivity contribution in [3.05, 3.63) is 76.5 Å². The molecule has 0 spiro atoms. The van der Waals surface area contributed by atoms with E-state index in [1.54, 1.807) is 30.3 Å². The van der Waals surface area contributed by atoms with Crippen molar-refractivity contribution in [2.24, 2.45) is 5.73 Å². The van der Waals surface area contributed by atoms with E-state index < -0.39 is 41.0 Å². The fourth-order valence-electron chi connectivity index (χ4n) is 4.44. The maximum Gasteiger partial charge on any atom is 0.294 e. The van der Waals surface area contributed by atoms with Gasteiger partial charge in [0.25, 0.3) is 17.7 Å². The van der Waals surface area contributed by atoms with Crippen molar-refractivity contribution in [3.63, 3.8) is 0 Å². The van der Waals surface area contributed by atoms with Crippen molar-refractivity contribution in [1.29, 1.82) is 0 Å². The lowest BCUT2D eigenvalue weighted by Gasteiger charge is -2.23. The maximum atomic E-state index is 13.9. The van der Waals surface area contributed by atoms with Gasteiger partial charge in [0.05, 0.1) is 22.7 Å². The van der Waals surface area contributed by atoms with Gasteiger partial charge in [-0.15, -0.1) is 0 Å². The quantitative estimate of drug-likeness (QED) is 0.323. The van der Waals surface area contributed by atoms with Gasteiger partial charge in [0.15, 0.2) is 11.6 Å². The number of hydrogen-bond donors (Lipinski definition) is 4. The zero-order valence-corrected chi connectivity index (χ0v) is 19.2. The predicted octanol–water partition coefficient (Wildman–Crippen LogP) is 2.58. The number of amides is 3. The standard InChI is InChI=1S/C26H24N4O6/c27-24(33)16-11-7-10-15-19-18(31)13-6-2-5-12-17(28-25(34)14-8-3-1-4-9-14)23(32)20(19)22(26(35)30-36)29-21(15)16/h1,3-4,7-11,17,36H,2,5-6,12-13H2,(H2,27,33)(H,28,34)(H,30,35). The number of carbonyl (C=O) groups excluding carboxylic acids is 5. The largest absolute Gasteiger partial charge is 0.366 e. The van der Waals surface area contributed by atoms with Gasteiger partial charge < -0.3 is 11.1 Å². The Morgan fingerprint density at radius 2 is 1.67 bits per heavy atom. The predicted molar refractivity (Wildman–Crippen MR) is 129 cm³/mol. The number of nitrogens with one attached hydrogen (secondary N) is 2. The number of aromatic nitrogens is 1. The highest BCUT2D eigenvalue weighted by Gasteiger charge is 2.34. The number of benzene rings is 2. The second kappa shape index (κ2) is 10.4. The van der Waals surface area contributed by atoms with Crippen molar-refractivity contribution in [1.82, 2.24) is 15.8 Å². The second-order valence-corrected chi connectivity index (χ2v) is 8.50. The van der Waals surface area contributed by atoms with Gasteiger partial charge in [-0.05, 0) is 31.0 Å². The van der Waals surface area contributed by atoms with Crippen LogP contribution in [0.1, 0.15) is 84.0 Å². The number of nitrogens with zero attached hydrogens (tertiary/aromatic N) is 1. The number of hydroxylamine groups is 1. The fourth-order valence-corrected chi connectivity index (χ4v) is 4.44. The van der Waals surface area contributed by atoms with Crippen LogP contribution in [0.2, 0.25) is 0 Å². The highest BCUT2D eigenvalue weighted by molar-refractivity contribution is 6.23. The summed E-state index contributed by atoms with van der Waals surface area (Å²) in [6, 6.07) is 11.7. The van der Waals surface area contributed by atoms with Gasteiger partial charge in [-0.25, -0.2) is 10.5 Å². The number of carbonyl (C=O) groups is 5. The normalized spacial score (nSPS) is 16.2. The van der Waals surface area contributed by atoms with E-state index in [0.29, 0.717) is 24.8 Å². The van der Waals surface area contributed by atoms with Crippen molar-refractivity contribution < 1.29 is 29.2 Å². The monoisotopic (exact) mass is 488 g/mol. The number of fused-ring (bicyclic) bond motifs is 3. The van der Waals surface area contributed by atoms with E-state index in [4.69, 9.17) is 5.73 Å². The van der Waals surface area contributed by atoms with Crippen LogP contribution in [-0.4, -0.2) is 45.5 Å². The van der Waals surface area contributed by atoms with Crippen LogP contribution in [0.15, 0.2) is 48.5 Å². The molecule has 3 amide bonds. The highest BCUT2D eigenvalue weighted by atomic mass is 16.5. The molecular weight excluding hydrogens is 464 g/mol. The summed E-state index contributed by atoms with van der Waals surface area (Å²) in [5.74, 6) is -3.58. The maximum absolute atomic E-state index is 13.9. The van der Waals surface area contributed by atoms with Gasteiger partial charge in [0.2, 0.25) is 0 Å². The zero-order valence-electron chi connectivity index (χ0n) is 19.2. The number of para-hydroxylation sites is 1. The number of Topliss-reactive ketones (excluding diaryl/α,β-unsaturated/α-hetero) is 2. The van der Waals surface area contributed by atoms with Gasteiger partial charge >= 0.3 is 0 Å². The molecular formula is C26H24N4O6. The number of nitrogens with two attached hydrogens (primary N) is 1. The van der Waals surface area contributed by atoms with Crippen LogP contribution >= 0.6 is 0 Å². The lowest BCUT2D eigenvalue weighted by atomic mass is 9.86. The minimum atomic E-state index is -1.14. The summed E-state index contributed by atoms with van der Waals surface area (Å²) in [7, 11) is 0. The third-order valence-electron chi connectivity index (χ3n) is 6.18. The summed E-state index contributed by atoms with van der Waals surface area (Å²) >= 11 is 0. The molecule has 0 bridgehead atoms. The first-order valence-electron chi connectivity index (χ1n) is 11.5. The van der Waals surface area contributed by atoms with Crippen LogP contribution in [-0.2, 0) is 0 Å². The molecule has 1 aromatic heterocycles. The minimum absolute atomic E-state index is 0.0366. The minimum Gasteiger partial charge on any atom is -0.366 e. The molecule has 1 aliphatic rings. The Hall–Kier alpha value is -4.44. The Morgan fingerprint density at radius 1 is 0.917 bits per heavy atom. The lowest BCUT2D eigenvalue weighted by molar-refractivity contribution is 0.0695. The second-order valence-electron chi connectivity index (χ2n) is 8.50. The molecule has 10 heteroatoms. The van der Waals surface area contributed by atoms with Gasteiger partial charge in [0, 0.05) is 22.9 Å². The molecule has 1 atom stereocenters. The van der Waals surface area contributed by atoms with Gasteiger partial charge in [-0.1, -0.05) is 43.2 Å². The SMILES string of the molecule is NC(=O)c1cccc2c3c(c(C(=O)NO)nc12)C(=O)C(NC(=O)c1ccccc1)CCCCCC3=O. The van der Waals surface area contributed by atoms with Crippen molar-refractivity contribution >= 4 is 40.2 Å². The molecule has 0 radical (unpaired) electrons. The first kappa shape index (κ1) is 24.7. The molecule has 2 aromatic carbocycles. The van der Waals surface area contributed by atoms with Crippen molar-refractivity contribution in [2.75, 3.05) is 0 Å². The number of primary amides is 1. The highest BCUT2D eigenvalue weighted by Crippen LogP contribution is 2.30. The summed E-state index contributed by atoms with van der Waals surface area (Å²) in [6.07, 6.45) is 2.09. The van der Waals surface area contributed by atoms with Crippen molar-refractivity contribution in [3.8, 4) is 0 Å². The summed E-state index contributed by atoms with van der Waals surface area (Å²) in [5, 5.41) is 12.3. The Morgan fingerprint density at radius 3 is 2.36 bits per heavy atom. The average molecular weight is 489 g/mol. The first-order valence-corrected chi connectivity index (χ1v) is 11.5. The van der Waals surface area contributed by atoms with E-state index in [-0.39, 0.29) is 40.4 Å². The van der Waals surface area contributed by atoms with Crippen LogP contribution < -0.4 is 16.5 Å². The molecule has 1 heterocycles. The summed E-state index contributed by atoms with van der Waals surface area (Å²) in [6.45, 7) is 0. The summed E-state index contributed by atoms with van der Waals surface area (Å²) < 4.78 is 0. The van der Waals surface area contributed by atoms with E-state index in [9.17, 15) is 29.2 Å². The van der Waals surface area contributed by atoms with E-state index >= 15 is 0 Å². The van der Waals surface area contributed by atoms with Crippen molar-refractivity contribution in [2.45, 2.75) is 38.1 Å². The molecule has 0 fully saturated rings. The zero-order chi connectivity index (χ0) is 25.8. The molecule has 184 valence electrons. The van der Waals surface area contributed by atoms with Crippen LogP contribution in [0.5, 0.6) is 0 Å². The summed E-state index contributed by atoms with van der Waals surface area (Å²) in [5.41, 5.74) is 6.25. The van der Waals surface area contributed by atoms with Gasteiger partial charge in [0.1, 0.15) is 5.69 Å². The van der Waals surface area contributed by atoms with Gasteiger partial charge in [-0.3, -0.25) is 29.2 Å². The molecule has 0 saturated carbocycles. The number of rotatable bonds is 4. The smallest absolute Gasteiger partial charge is 0.294 e. The van der Waals surface area contributed by atoms with Crippen LogP contribution in [0.25, 0.3) is 10.9 Å². The van der Waals surface area contributed by atoms with E-state index in [0.717, 1.165) is 0 Å². The molecule has 10 nitrogen and oxygen atoms in total. The number of pyridine rings is 1. The Kier molecular flexibility index (Phi) is 7.16. The topological polar surface area (TPSA) is 169 Å². The number of ketones is 2. The summed E-state index contributed by atoms with van der Waals surface area (Å²) in [4.78, 5) is 69.1. The Balaban J connectivity index is 1.95.